The molecule has 6 aromatic rings. The molecule has 1 fully saturated rings. The molecule has 15 nitrogen and oxygen atoms in total. The number of hydrogen-bond acceptors (Lipinski definition) is 13. The van der Waals surface area contributed by atoms with Crippen LogP contribution in [0.1, 0.15) is 97.1 Å². The van der Waals surface area contributed by atoms with E-state index in [0.717, 1.165) is 48.3 Å². The van der Waals surface area contributed by atoms with Crippen molar-refractivity contribution in [2.24, 2.45) is 10.4 Å². The maximum Gasteiger partial charge on any atom is 0.308 e. The Hall–Kier alpha value is -6.63. The summed E-state index contributed by atoms with van der Waals surface area (Å²) in [6, 6.07) is 16.4. The van der Waals surface area contributed by atoms with Crippen molar-refractivity contribution in [1.29, 1.82) is 0 Å². The molecule has 5 heterocycles. The lowest BCUT2D eigenvalue weighted by Gasteiger charge is -2.35. The third-order valence-corrected chi connectivity index (χ3v) is 14.8. The van der Waals surface area contributed by atoms with Gasteiger partial charge in [-0.3, -0.25) is 28.7 Å². The number of aliphatic hydroxyl groups is 1. The summed E-state index contributed by atoms with van der Waals surface area (Å²) in [5.74, 6) is -1.25. The van der Waals surface area contributed by atoms with Crippen molar-refractivity contribution < 1.29 is 38.1 Å². The number of aryl methyl sites for hydroxylation is 3. The Kier molecular flexibility index (Phi) is 14.0. The number of nitrogens with one attached hydrogen (secondary N) is 2. The maximum atomic E-state index is 15.9. The smallest absolute Gasteiger partial charge is 0.308 e. The zero-order valence-corrected chi connectivity index (χ0v) is 41.6. The molecular weight excluding hydrogens is 920 g/mol. The second-order valence-corrected chi connectivity index (χ2v) is 20.6. The van der Waals surface area contributed by atoms with Crippen LogP contribution in [-0.2, 0) is 23.9 Å². The quantitative estimate of drug-likeness (QED) is 0.0968. The highest BCUT2D eigenvalue weighted by Crippen LogP contribution is 2.40. The molecule has 3 N–H and O–H groups in total. The minimum absolute atomic E-state index is 0.0317. The van der Waals surface area contributed by atoms with E-state index >= 15 is 4.39 Å². The van der Waals surface area contributed by atoms with E-state index in [9.17, 15) is 24.3 Å². The first-order valence-electron chi connectivity index (χ1n) is 22.6. The van der Waals surface area contributed by atoms with Crippen molar-refractivity contribution in [3.63, 3.8) is 0 Å². The van der Waals surface area contributed by atoms with Crippen LogP contribution < -0.4 is 15.4 Å². The van der Waals surface area contributed by atoms with E-state index in [0.29, 0.717) is 28.5 Å². The van der Waals surface area contributed by atoms with Crippen LogP contribution in [0.15, 0.2) is 77.2 Å². The molecule has 0 aliphatic carbocycles. The predicted octanol–water partition coefficient (Wildman–Crippen LogP) is 7.70. The zero-order chi connectivity index (χ0) is 49.5. The number of aliphatic imine (C=N–C) groups is 1. The van der Waals surface area contributed by atoms with Crippen LogP contribution in [0.3, 0.4) is 0 Å². The van der Waals surface area contributed by atoms with Gasteiger partial charge in [-0.05, 0) is 74.4 Å². The molecule has 1 unspecified atom stereocenters. The fourth-order valence-corrected chi connectivity index (χ4v) is 10.8. The van der Waals surface area contributed by atoms with E-state index in [4.69, 9.17) is 14.5 Å². The Morgan fingerprint density at radius 1 is 0.942 bits per heavy atom. The Bertz CT molecular complexity index is 2960. The molecule has 1 saturated heterocycles. The Morgan fingerprint density at radius 3 is 2.29 bits per heavy atom. The highest BCUT2D eigenvalue weighted by Gasteiger charge is 2.45. The number of benzene rings is 3. The average molecular weight is 975 g/mol. The monoisotopic (exact) mass is 974 g/mol. The minimum atomic E-state index is -1.08. The molecule has 18 heteroatoms. The largest absolute Gasteiger partial charge is 0.484 e. The van der Waals surface area contributed by atoms with Gasteiger partial charge in [0, 0.05) is 40.6 Å². The number of carbonyl (C=O) groups is 4. The van der Waals surface area contributed by atoms with Gasteiger partial charge in [0.2, 0.25) is 11.8 Å². The van der Waals surface area contributed by atoms with Crippen molar-refractivity contribution in [3.05, 3.63) is 123 Å². The standard InChI is InChI=1S/C51H55FN8O7S2/c1-26-29(4)69-50-43(26)44(55-39(22-42(63)66-9)47-58-57-30(5)60(47)50)33-14-12-32(13-15-33)37-19-18-36(21-38(37)52)67-24-41(62)56-46(51(6,7)8)49(65)59-23-35(61)20-40(59)48(64)54-27(2)31-10-16-34(17-11-31)45-28(3)53-25-68-45/h10-19,21,25,27,35,39-40,46,61H,20,22-24H2,1-9H3,(H,54,64)(H,56,62)/t27-,35+,39-,40-,46?/m0/s1. The number of methoxy groups -OCH3 is 1. The van der Waals surface area contributed by atoms with Crippen LogP contribution in [0.2, 0.25) is 0 Å². The molecule has 0 radical (unpaired) electrons. The van der Waals surface area contributed by atoms with Gasteiger partial charge in [0.05, 0.1) is 47.5 Å². The lowest BCUT2D eigenvalue weighted by atomic mass is 9.85. The second kappa shape index (κ2) is 19.8. The highest BCUT2D eigenvalue weighted by atomic mass is 32.1. The molecule has 0 saturated carbocycles. The number of aromatic nitrogens is 4. The number of hydrogen-bond donors (Lipinski definition) is 3. The third-order valence-electron chi connectivity index (χ3n) is 12.7. The van der Waals surface area contributed by atoms with E-state index in [1.54, 1.807) is 73.2 Å². The fourth-order valence-electron chi connectivity index (χ4n) is 8.76. The molecule has 3 aromatic carbocycles. The number of β-amino-alcohol motifs (C(OH)–C–C–N with tert-alkyl or cyclic N) is 1. The predicted molar refractivity (Wildman–Crippen MR) is 262 cm³/mol. The highest BCUT2D eigenvalue weighted by molar-refractivity contribution is 7.15. The normalized spacial score (nSPS) is 17.5. The van der Waals surface area contributed by atoms with Crippen molar-refractivity contribution >= 4 is 52.1 Å². The topological polar surface area (TPSA) is 190 Å². The SMILES string of the molecule is COC(=O)C[C@@H]1N=C(c2ccc(-c3ccc(OCC(=O)NC(C(=O)N4C[C@H](O)C[C@H]4C(=O)N[C@@H](C)c4ccc(-c5scnc5C)cc4)C(C)(C)C)cc3F)cc2)c2c(sc(C)c2C)-n2c(C)nnc21. The van der Waals surface area contributed by atoms with E-state index in [-0.39, 0.29) is 31.2 Å². The molecule has 360 valence electrons. The van der Waals surface area contributed by atoms with Crippen molar-refractivity contribution in [1.82, 2.24) is 35.3 Å². The minimum Gasteiger partial charge on any atom is -0.484 e. The first-order chi connectivity index (χ1) is 32.8. The van der Waals surface area contributed by atoms with Crippen LogP contribution in [0.25, 0.3) is 26.6 Å². The molecule has 0 bridgehead atoms. The van der Waals surface area contributed by atoms with Gasteiger partial charge in [-0.2, -0.15) is 0 Å². The number of thiophene rings is 1. The van der Waals surface area contributed by atoms with E-state index < -0.39 is 65.8 Å². The first kappa shape index (κ1) is 48.8. The van der Waals surface area contributed by atoms with Gasteiger partial charge in [0.1, 0.15) is 40.5 Å². The molecule has 0 spiro atoms. The number of fused-ring (bicyclic) bond motifs is 3. The van der Waals surface area contributed by atoms with E-state index in [1.807, 2.05) is 75.6 Å². The van der Waals surface area contributed by atoms with Crippen molar-refractivity contribution in [2.75, 3.05) is 20.3 Å². The molecule has 5 atom stereocenters. The summed E-state index contributed by atoms with van der Waals surface area (Å²) in [4.78, 5) is 66.9. The van der Waals surface area contributed by atoms with Crippen LogP contribution >= 0.6 is 22.7 Å². The lowest BCUT2D eigenvalue weighted by Crippen LogP contribution is -2.58. The van der Waals surface area contributed by atoms with Gasteiger partial charge in [0.25, 0.3) is 5.91 Å². The van der Waals surface area contributed by atoms with Crippen LogP contribution in [0, 0.1) is 38.9 Å². The second-order valence-electron chi connectivity index (χ2n) is 18.6. The van der Waals surface area contributed by atoms with Crippen LogP contribution in [-0.4, -0.2) is 97.6 Å². The summed E-state index contributed by atoms with van der Waals surface area (Å²) in [6.07, 6.45) is -0.921. The maximum absolute atomic E-state index is 15.9. The Labute approximate surface area is 407 Å². The average Bonchev–Trinajstić information content (AvgIpc) is 4.09. The number of likely N-dealkylation sites (tertiary alicyclic amines) is 1. The summed E-state index contributed by atoms with van der Waals surface area (Å²) < 4.78 is 28.6. The number of rotatable bonds is 13. The fraction of sp³-hybridized carbons (Fsp3) is 0.373. The molecule has 3 amide bonds. The first-order valence-corrected chi connectivity index (χ1v) is 24.3. The van der Waals surface area contributed by atoms with Gasteiger partial charge < -0.3 is 30.1 Å². The summed E-state index contributed by atoms with van der Waals surface area (Å²) in [6.45, 7) is 14.5. The van der Waals surface area contributed by atoms with Gasteiger partial charge >= 0.3 is 5.97 Å². The van der Waals surface area contributed by atoms with E-state index in [2.05, 4.69) is 25.8 Å². The van der Waals surface area contributed by atoms with Gasteiger partial charge in [-0.25, -0.2) is 9.37 Å². The number of halogens is 1. The third kappa shape index (κ3) is 10.1. The van der Waals surface area contributed by atoms with Gasteiger partial charge in [0.15, 0.2) is 12.4 Å². The lowest BCUT2D eigenvalue weighted by molar-refractivity contribution is -0.144. The summed E-state index contributed by atoms with van der Waals surface area (Å²) in [5, 5.41) is 26.1. The van der Waals surface area contributed by atoms with Gasteiger partial charge in [-0.1, -0.05) is 69.3 Å². The molecule has 69 heavy (non-hydrogen) atoms. The summed E-state index contributed by atoms with van der Waals surface area (Å²) >= 11 is 3.16. The summed E-state index contributed by atoms with van der Waals surface area (Å²) in [7, 11) is 1.33. The molecule has 2 aliphatic rings. The van der Waals surface area contributed by atoms with E-state index in [1.165, 1.54) is 18.1 Å². The summed E-state index contributed by atoms with van der Waals surface area (Å²) in [5.41, 5.74) is 8.12. The van der Waals surface area contributed by atoms with Crippen molar-refractivity contribution in [3.8, 4) is 32.3 Å². The Morgan fingerprint density at radius 2 is 1.64 bits per heavy atom. The molecule has 8 rings (SSSR count). The number of thiazole rings is 1. The Balaban J connectivity index is 0.920. The number of aliphatic hydroxyl groups excluding tert-OH is 1. The number of nitrogens with zero attached hydrogens (tertiary/aromatic N) is 6. The molecule has 2 aliphatic heterocycles. The van der Waals surface area contributed by atoms with Crippen LogP contribution in [0.4, 0.5) is 4.39 Å². The van der Waals surface area contributed by atoms with Crippen LogP contribution in [0.5, 0.6) is 5.75 Å². The zero-order valence-electron chi connectivity index (χ0n) is 39.9. The molecular formula is C51H55FN8O7S2. The number of esters is 1. The van der Waals surface area contributed by atoms with Crippen molar-refractivity contribution in [2.45, 2.75) is 98.5 Å². The molecule has 3 aromatic heterocycles. The number of carbonyl (C=O) groups excluding carboxylic acids is 4. The number of amides is 3. The number of ether oxygens (including phenoxy) is 2. The van der Waals surface area contributed by atoms with Gasteiger partial charge in [-0.15, -0.1) is 32.9 Å².